The van der Waals surface area contributed by atoms with E-state index >= 15 is 0 Å². The molecule has 0 aliphatic heterocycles. The average molecular weight is 455 g/mol. The number of imidazole rings is 1. The second-order valence-corrected chi connectivity index (χ2v) is 7.76. The molecule has 2 aromatic carbocycles. The van der Waals surface area contributed by atoms with Crippen LogP contribution in [0.25, 0.3) is 21.9 Å². The number of anilines is 2. The Morgan fingerprint density at radius 3 is 2.38 bits per heavy atom. The first-order valence-electron chi connectivity index (χ1n) is 11.1. The number of aryl methyl sites for hydroxylation is 1. The Hall–Kier alpha value is -2.99. The lowest BCUT2D eigenvalue weighted by Crippen LogP contribution is -2.03. The summed E-state index contributed by atoms with van der Waals surface area (Å²) in [5, 5.41) is 4.60. The SMILES string of the molecule is CCCCOc1ccc(Nc2cc(C)nc3ccc4nc[nH]c4c23)cc1OCCCC.Cl. The van der Waals surface area contributed by atoms with E-state index < -0.39 is 0 Å². The van der Waals surface area contributed by atoms with E-state index in [0.717, 1.165) is 76.2 Å². The zero-order valence-corrected chi connectivity index (χ0v) is 19.7. The predicted octanol–water partition coefficient (Wildman–Crippen LogP) is 6.94. The number of fused-ring (bicyclic) bond motifs is 3. The van der Waals surface area contributed by atoms with Gasteiger partial charge in [-0.05, 0) is 50.1 Å². The van der Waals surface area contributed by atoms with E-state index in [-0.39, 0.29) is 12.4 Å². The van der Waals surface area contributed by atoms with Gasteiger partial charge < -0.3 is 19.8 Å². The highest BCUT2D eigenvalue weighted by atomic mass is 35.5. The first-order valence-corrected chi connectivity index (χ1v) is 11.1. The molecule has 4 rings (SSSR count). The first kappa shape index (κ1) is 23.7. The molecule has 0 spiro atoms. The molecule has 0 aliphatic rings. The number of nitrogens with zero attached hydrogens (tertiary/aromatic N) is 2. The number of rotatable bonds is 10. The van der Waals surface area contributed by atoms with Gasteiger partial charge >= 0.3 is 0 Å². The quantitative estimate of drug-likeness (QED) is 0.254. The number of H-pyrrole nitrogens is 1. The molecule has 0 fully saturated rings. The molecule has 7 heteroatoms. The minimum atomic E-state index is 0. The highest BCUT2D eigenvalue weighted by Gasteiger charge is 2.12. The molecule has 6 nitrogen and oxygen atoms in total. The Morgan fingerprint density at radius 2 is 1.62 bits per heavy atom. The molecule has 0 saturated heterocycles. The summed E-state index contributed by atoms with van der Waals surface area (Å²) in [5.41, 5.74) is 5.70. The molecular weight excluding hydrogens is 424 g/mol. The van der Waals surface area contributed by atoms with E-state index in [4.69, 9.17) is 14.5 Å². The molecule has 0 unspecified atom stereocenters. The largest absolute Gasteiger partial charge is 0.490 e. The van der Waals surface area contributed by atoms with Gasteiger partial charge in [0.2, 0.25) is 0 Å². The normalized spacial score (nSPS) is 10.8. The number of nitrogens with one attached hydrogen (secondary N) is 2. The smallest absolute Gasteiger partial charge is 0.163 e. The van der Waals surface area contributed by atoms with Crippen molar-refractivity contribution in [1.29, 1.82) is 0 Å². The molecule has 0 radical (unpaired) electrons. The zero-order chi connectivity index (χ0) is 21.6. The van der Waals surface area contributed by atoms with Gasteiger partial charge in [0.1, 0.15) is 0 Å². The maximum absolute atomic E-state index is 6.06. The first-order chi connectivity index (χ1) is 15.2. The van der Waals surface area contributed by atoms with Gasteiger partial charge in [-0.15, -0.1) is 12.4 Å². The molecule has 0 aliphatic carbocycles. The Labute approximate surface area is 195 Å². The molecule has 2 N–H and O–H groups in total. The van der Waals surface area contributed by atoms with Gasteiger partial charge in [-0.25, -0.2) is 4.98 Å². The lowest BCUT2D eigenvalue weighted by molar-refractivity contribution is 0.262. The van der Waals surface area contributed by atoms with Gasteiger partial charge in [0.15, 0.2) is 11.5 Å². The van der Waals surface area contributed by atoms with Gasteiger partial charge in [0, 0.05) is 22.8 Å². The second-order valence-electron chi connectivity index (χ2n) is 7.76. The maximum atomic E-state index is 6.06. The fourth-order valence-electron chi connectivity index (χ4n) is 3.59. The average Bonchev–Trinajstić information content (AvgIpc) is 3.24. The number of pyridine rings is 1. The lowest BCUT2D eigenvalue weighted by Gasteiger charge is -2.16. The second kappa shape index (κ2) is 11.0. The Morgan fingerprint density at radius 1 is 0.906 bits per heavy atom. The Bertz CT molecular complexity index is 1180. The molecule has 0 saturated carbocycles. The van der Waals surface area contributed by atoms with Crippen LogP contribution in [0.5, 0.6) is 11.5 Å². The molecule has 0 bridgehead atoms. The van der Waals surface area contributed by atoms with Crippen LogP contribution >= 0.6 is 12.4 Å². The summed E-state index contributed by atoms with van der Waals surface area (Å²) in [4.78, 5) is 12.3. The van der Waals surface area contributed by atoms with Crippen molar-refractivity contribution < 1.29 is 9.47 Å². The highest BCUT2D eigenvalue weighted by Crippen LogP contribution is 2.35. The Balaban J connectivity index is 0.00000289. The van der Waals surface area contributed by atoms with Crippen molar-refractivity contribution in [3.8, 4) is 11.5 Å². The summed E-state index contributed by atoms with van der Waals surface area (Å²) in [5.74, 6) is 1.57. The number of benzene rings is 2. The Kier molecular flexibility index (Phi) is 8.17. The van der Waals surface area contributed by atoms with Crippen LogP contribution in [-0.4, -0.2) is 28.2 Å². The van der Waals surface area contributed by atoms with Crippen molar-refractivity contribution >= 4 is 45.7 Å². The number of aromatic nitrogens is 3. The molecule has 4 aromatic rings. The van der Waals surface area contributed by atoms with E-state index in [1.54, 1.807) is 6.33 Å². The molecular formula is C25H31ClN4O2. The van der Waals surface area contributed by atoms with Crippen LogP contribution < -0.4 is 14.8 Å². The van der Waals surface area contributed by atoms with E-state index in [1.165, 1.54) is 0 Å². The van der Waals surface area contributed by atoms with Crippen molar-refractivity contribution in [2.75, 3.05) is 18.5 Å². The van der Waals surface area contributed by atoms with Gasteiger partial charge in [-0.3, -0.25) is 4.98 Å². The summed E-state index contributed by atoms with van der Waals surface area (Å²) < 4.78 is 12.0. The summed E-state index contributed by atoms with van der Waals surface area (Å²) in [7, 11) is 0. The van der Waals surface area contributed by atoms with E-state index in [0.29, 0.717) is 13.2 Å². The number of ether oxygens (including phenoxy) is 2. The van der Waals surface area contributed by atoms with Crippen LogP contribution in [0.2, 0.25) is 0 Å². The van der Waals surface area contributed by atoms with Crippen LogP contribution in [0.4, 0.5) is 11.4 Å². The minimum absolute atomic E-state index is 0. The minimum Gasteiger partial charge on any atom is -0.490 e. The number of halogens is 1. The highest BCUT2D eigenvalue weighted by molar-refractivity contribution is 6.10. The van der Waals surface area contributed by atoms with Crippen molar-refractivity contribution in [3.05, 3.63) is 48.4 Å². The van der Waals surface area contributed by atoms with Gasteiger partial charge in [-0.2, -0.15) is 0 Å². The van der Waals surface area contributed by atoms with E-state index in [9.17, 15) is 0 Å². The summed E-state index contributed by atoms with van der Waals surface area (Å²) in [6.45, 7) is 7.70. The third-order valence-corrected chi connectivity index (χ3v) is 5.23. The predicted molar refractivity (Wildman–Crippen MR) is 134 cm³/mol. The number of hydrogen-bond donors (Lipinski definition) is 2. The molecule has 32 heavy (non-hydrogen) atoms. The topological polar surface area (TPSA) is 72.1 Å². The van der Waals surface area contributed by atoms with Crippen LogP contribution in [-0.2, 0) is 0 Å². The van der Waals surface area contributed by atoms with Gasteiger partial charge in [0.25, 0.3) is 0 Å². The van der Waals surface area contributed by atoms with Crippen molar-refractivity contribution in [1.82, 2.24) is 15.0 Å². The summed E-state index contributed by atoms with van der Waals surface area (Å²) in [6, 6.07) is 12.1. The number of hydrogen-bond acceptors (Lipinski definition) is 5. The summed E-state index contributed by atoms with van der Waals surface area (Å²) in [6.07, 6.45) is 5.94. The fourth-order valence-corrected chi connectivity index (χ4v) is 3.59. The molecule has 0 atom stereocenters. The third-order valence-electron chi connectivity index (χ3n) is 5.23. The van der Waals surface area contributed by atoms with Crippen molar-refractivity contribution in [2.24, 2.45) is 0 Å². The standard InChI is InChI=1S/C25H30N4O2.ClH/c1-4-6-12-30-22-11-8-18(15-23(22)31-13-7-5-2)29-21-14-17(3)28-19-9-10-20-25(24(19)21)27-16-26-20;/h8-11,14-16H,4-7,12-13H2,1-3H3,(H,26,27)(H,28,29);1H. The van der Waals surface area contributed by atoms with Crippen LogP contribution in [0, 0.1) is 6.92 Å². The summed E-state index contributed by atoms with van der Waals surface area (Å²) >= 11 is 0. The molecule has 0 amide bonds. The molecule has 2 heterocycles. The fraction of sp³-hybridized carbons (Fsp3) is 0.360. The van der Waals surface area contributed by atoms with E-state index in [2.05, 4.69) is 35.2 Å². The third kappa shape index (κ3) is 5.25. The molecule has 170 valence electrons. The van der Waals surface area contributed by atoms with Crippen LogP contribution in [0.15, 0.2) is 42.7 Å². The van der Waals surface area contributed by atoms with Gasteiger partial charge in [-0.1, -0.05) is 26.7 Å². The lowest BCUT2D eigenvalue weighted by atomic mass is 10.1. The van der Waals surface area contributed by atoms with Gasteiger partial charge in [0.05, 0.1) is 41.8 Å². The van der Waals surface area contributed by atoms with Crippen molar-refractivity contribution in [3.63, 3.8) is 0 Å². The van der Waals surface area contributed by atoms with E-state index in [1.807, 2.05) is 37.3 Å². The number of aromatic amines is 1. The number of unbranched alkanes of at least 4 members (excludes halogenated alkanes) is 2. The zero-order valence-electron chi connectivity index (χ0n) is 18.9. The monoisotopic (exact) mass is 454 g/mol. The van der Waals surface area contributed by atoms with Crippen LogP contribution in [0.3, 0.4) is 0 Å². The molecule has 2 aromatic heterocycles. The van der Waals surface area contributed by atoms with Crippen LogP contribution in [0.1, 0.15) is 45.2 Å². The van der Waals surface area contributed by atoms with Crippen molar-refractivity contribution in [2.45, 2.75) is 46.5 Å². The maximum Gasteiger partial charge on any atom is 0.163 e.